The summed E-state index contributed by atoms with van der Waals surface area (Å²) in [6.07, 6.45) is 0.892. The first-order valence-electron chi connectivity index (χ1n) is 9.44. The lowest BCUT2D eigenvalue weighted by atomic mass is 9.87. The number of hydrogen-bond donors (Lipinski definition) is 0. The van der Waals surface area contributed by atoms with Crippen LogP contribution in [0.1, 0.15) is 64.9 Å². The molecule has 0 saturated carbocycles. The van der Waals surface area contributed by atoms with Crippen LogP contribution in [0.15, 0.2) is 28.8 Å². The van der Waals surface area contributed by atoms with Crippen LogP contribution >= 0.6 is 0 Å². The van der Waals surface area contributed by atoms with Crippen molar-refractivity contribution in [3.8, 4) is 0 Å². The summed E-state index contributed by atoms with van der Waals surface area (Å²) in [7, 11) is 3.36. The van der Waals surface area contributed by atoms with E-state index in [1.54, 1.807) is 38.1 Å². The van der Waals surface area contributed by atoms with Crippen molar-refractivity contribution in [3.63, 3.8) is 0 Å². The van der Waals surface area contributed by atoms with E-state index in [1.165, 1.54) is 0 Å². The molecule has 0 aliphatic carbocycles. The maximum Gasteiger partial charge on any atom is 0.253 e. The Labute approximate surface area is 166 Å². The number of nitrogens with zero attached hydrogens (tertiary/aromatic N) is 2. The second-order valence-corrected chi connectivity index (χ2v) is 8.32. The number of rotatable bonds is 8. The largest absolute Gasteiger partial charge is 0.383 e. The third-order valence-corrected chi connectivity index (χ3v) is 4.45. The van der Waals surface area contributed by atoms with Gasteiger partial charge in [-0.2, -0.15) is 0 Å². The molecule has 0 atom stereocenters. The number of benzene rings is 1. The monoisotopic (exact) mass is 386 g/mol. The standard InChI is InChI=1S/C22H30N2O4/c1-15-20(18(25)14-22(2,3)4)19(28-23-15)13-16-7-9-17(10-8-16)21(26)24(5)11-12-27-6/h7-10H,11-14H2,1-6H3. The fourth-order valence-electron chi connectivity index (χ4n) is 2.97. The van der Waals surface area contributed by atoms with Gasteiger partial charge in [0.1, 0.15) is 0 Å². The third-order valence-electron chi connectivity index (χ3n) is 4.45. The fraction of sp³-hybridized carbons (Fsp3) is 0.500. The molecule has 152 valence electrons. The summed E-state index contributed by atoms with van der Waals surface area (Å²) >= 11 is 0. The van der Waals surface area contributed by atoms with Crippen LogP contribution in [0.25, 0.3) is 0 Å². The molecule has 0 aliphatic heterocycles. The van der Waals surface area contributed by atoms with E-state index in [2.05, 4.69) is 5.16 Å². The summed E-state index contributed by atoms with van der Waals surface area (Å²) in [6, 6.07) is 7.35. The Kier molecular flexibility index (Phi) is 7.13. The average molecular weight is 386 g/mol. The molecule has 2 aromatic rings. The molecule has 1 aromatic heterocycles. The van der Waals surface area contributed by atoms with Gasteiger partial charge in [0, 0.05) is 39.1 Å². The summed E-state index contributed by atoms with van der Waals surface area (Å²) in [5.74, 6) is 0.566. The molecule has 0 spiro atoms. The number of ketones is 1. The number of Topliss-reactive ketones (excluding diaryl/α,β-unsaturated/α-hetero) is 1. The molecule has 0 radical (unpaired) electrons. The molecule has 0 fully saturated rings. The van der Waals surface area contributed by atoms with Crippen LogP contribution < -0.4 is 0 Å². The second kappa shape index (κ2) is 9.15. The predicted octanol–water partition coefficient (Wildman–Crippen LogP) is 3.91. The van der Waals surface area contributed by atoms with E-state index in [9.17, 15) is 9.59 Å². The Morgan fingerprint density at radius 3 is 2.39 bits per heavy atom. The van der Waals surface area contributed by atoms with E-state index in [4.69, 9.17) is 9.26 Å². The zero-order chi connectivity index (χ0) is 20.9. The van der Waals surface area contributed by atoms with Crippen LogP contribution in [-0.4, -0.2) is 49.1 Å². The van der Waals surface area contributed by atoms with E-state index in [1.807, 2.05) is 32.9 Å². The van der Waals surface area contributed by atoms with Gasteiger partial charge in [-0.1, -0.05) is 38.1 Å². The molecule has 1 amide bonds. The predicted molar refractivity (Wildman–Crippen MR) is 108 cm³/mol. The molecule has 0 unspecified atom stereocenters. The van der Waals surface area contributed by atoms with Crippen molar-refractivity contribution >= 4 is 11.7 Å². The first-order chi connectivity index (χ1) is 13.1. The van der Waals surface area contributed by atoms with Crippen LogP contribution in [0.4, 0.5) is 0 Å². The van der Waals surface area contributed by atoms with Gasteiger partial charge in [0.25, 0.3) is 5.91 Å². The highest BCUT2D eigenvalue weighted by atomic mass is 16.5. The Morgan fingerprint density at radius 2 is 1.82 bits per heavy atom. The summed E-state index contributed by atoms with van der Waals surface area (Å²) in [6.45, 7) is 8.93. The lowest BCUT2D eigenvalue weighted by Crippen LogP contribution is -2.29. The van der Waals surface area contributed by atoms with Crippen molar-refractivity contribution in [1.29, 1.82) is 0 Å². The quantitative estimate of drug-likeness (QED) is 0.643. The molecule has 1 heterocycles. The highest BCUT2D eigenvalue weighted by molar-refractivity contribution is 5.98. The van der Waals surface area contributed by atoms with Gasteiger partial charge >= 0.3 is 0 Å². The Bertz CT molecular complexity index is 816. The first-order valence-corrected chi connectivity index (χ1v) is 9.44. The highest BCUT2D eigenvalue weighted by Crippen LogP contribution is 2.26. The first kappa shape index (κ1) is 21.8. The zero-order valence-electron chi connectivity index (χ0n) is 17.7. The molecule has 6 nitrogen and oxygen atoms in total. The van der Waals surface area contributed by atoms with Gasteiger partial charge in [-0.05, 0) is 30.0 Å². The maximum atomic E-state index is 12.7. The van der Waals surface area contributed by atoms with Crippen molar-refractivity contribution in [3.05, 3.63) is 52.4 Å². The van der Waals surface area contributed by atoms with Crippen molar-refractivity contribution < 1.29 is 18.8 Å². The van der Waals surface area contributed by atoms with Gasteiger partial charge in [-0.15, -0.1) is 0 Å². The number of ether oxygens (including phenoxy) is 1. The lowest BCUT2D eigenvalue weighted by Gasteiger charge is -2.17. The molecule has 0 aliphatic rings. The fourth-order valence-corrected chi connectivity index (χ4v) is 2.97. The Hall–Kier alpha value is -2.47. The number of hydrogen-bond acceptors (Lipinski definition) is 5. The van der Waals surface area contributed by atoms with Crippen molar-refractivity contribution in [1.82, 2.24) is 10.1 Å². The van der Waals surface area contributed by atoms with Crippen LogP contribution in [0.3, 0.4) is 0 Å². The number of methoxy groups -OCH3 is 1. The minimum Gasteiger partial charge on any atom is -0.383 e. The minimum absolute atomic E-state index is 0.0489. The third kappa shape index (κ3) is 5.76. The average Bonchev–Trinajstić information content (AvgIpc) is 2.98. The molecule has 28 heavy (non-hydrogen) atoms. The van der Waals surface area contributed by atoms with Gasteiger partial charge in [0.15, 0.2) is 11.5 Å². The van der Waals surface area contributed by atoms with Crippen LogP contribution in [0.5, 0.6) is 0 Å². The van der Waals surface area contributed by atoms with Crippen molar-refractivity contribution in [2.45, 2.75) is 40.5 Å². The van der Waals surface area contributed by atoms with Gasteiger partial charge < -0.3 is 14.2 Å². The Balaban J connectivity index is 2.13. The molecule has 1 aromatic carbocycles. The van der Waals surface area contributed by atoms with E-state index >= 15 is 0 Å². The molecule has 6 heteroatoms. The topological polar surface area (TPSA) is 72.6 Å². The van der Waals surface area contributed by atoms with E-state index in [0.717, 1.165) is 5.56 Å². The van der Waals surface area contributed by atoms with Crippen LogP contribution in [0.2, 0.25) is 0 Å². The van der Waals surface area contributed by atoms with E-state index in [0.29, 0.717) is 48.6 Å². The van der Waals surface area contributed by atoms with Crippen LogP contribution in [0, 0.1) is 12.3 Å². The molecule has 0 N–H and O–H groups in total. The van der Waals surface area contributed by atoms with Crippen molar-refractivity contribution in [2.75, 3.05) is 27.3 Å². The highest BCUT2D eigenvalue weighted by Gasteiger charge is 2.25. The zero-order valence-corrected chi connectivity index (χ0v) is 17.7. The van der Waals surface area contributed by atoms with E-state index < -0.39 is 0 Å². The number of aryl methyl sites for hydroxylation is 1. The molecular weight excluding hydrogens is 356 g/mol. The number of likely N-dealkylation sites (N-methyl/N-ethyl adjacent to an activating group) is 1. The number of amides is 1. The van der Waals surface area contributed by atoms with Gasteiger partial charge in [0.2, 0.25) is 0 Å². The molecular formula is C22H30N2O4. The van der Waals surface area contributed by atoms with Crippen LogP contribution in [-0.2, 0) is 11.2 Å². The minimum atomic E-state index is -0.102. The second-order valence-electron chi connectivity index (χ2n) is 8.32. The summed E-state index contributed by atoms with van der Waals surface area (Å²) in [4.78, 5) is 26.7. The molecule has 2 rings (SSSR count). The van der Waals surface area contributed by atoms with E-state index in [-0.39, 0.29) is 17.1 Å². The lowest BCUT2D eigenvalue weighted by molar-refractivity contribution is 0.0744. The number of carbonyl (C=O) groups excluding carboxylic acids is 2. The summed E-state index contributed by atoms with van der Waals surface area (Å²) in [5, 5.41) is 3.99. The van der Waals surface area contributed by atoms with Crippen molar-refractivity contribution in [2.24, 2.45) is 5.41 Å². The smallest absolute Gasteiger partial charge is 0.253 e. The number of aromatic nitrogens is 1. The maximum absolute atomic E-state index is 12.7. The van der Waals surface area contributed by atoms with Gasteiger partial charge in [0.05, 0.1) is 17.9 Å². The van der Waals surface area contributed by atoms with Gasteiger partial charge in [-0.25, -0.2) is 0 Å². The number of carbonyl (C=O) groups is 2. The summed E-state index contributed by atoms with van der Waals surface area (Å²) in [5.41, 5.74) is 2.66. The molecule has 0 bridgehead atoms. The molecule has 0 saturated heterocycles. The summed E-state index contributed by atoms with van der Waals surface area (Å²) < 4.78 is 10.4. The normalized spacial score (nSPS) is 11.5. The Morgan fingerprint density at radius 1 is 1.18 bits per heavy atom. The van der Waals surface area contributed by atoms with Gasteiger partial charge in [-0.3, -0.25) is 9.59 Å². The SMILES string of the molecule is COCCN(C)C(=O)c1ccc(Cc2onc(C)c2C(=O)CC(C)(C)C)cc1.